The van der Waals surface area contributed by atoms with E-state index in [1.165, 1.54) is 0 Å². The number of carbonyl (C=O) groups is 1. The average Bonchev–Trinajstić information content (AvgIpc) is 2.45. The minimum Gasteiger partial charge on any atom is -0.484 e. The maximum Gasteiger partial charge on any atom is 0.260 e. The van der Waals surface area contributed by atoms with E-state index in [-0.39, 0.29) is 18.6 Å². The molecular formula is C14H19IN2O4S. The van der Waals surface area contributed by atoms with Crippen LogP contribution in [0.3, 0.4) is 0 Å². The Morgan fingerprint density at radius 2 is 2.09 bits per heavy atom. The van der Waals surface area contributed by atoms with E-state index >= 15 is 0 Å². The fraction of sp³-hybridized carbons (Fsp3) is 0.500. The summed E-state index contributed by atoms with van der Waals surface area (Å²) < 4.78 is 31.7. The van der Waals surface area contributed by atoms with Crippen LogP contribution in [0.5, 0.6) is 5.75 Å². The Morgan fingerprint density at radius 1 is 1.41 bits per heavy atom. The summed E-state index contributed by atoms with van der Waals surface area (Å²) in [6, 6.07) is 7.24. The molecule has 1 heterocycles. The van der Waals surface area contributed by atoms with Crippen molar-refractivity contribution in [1.29, 1.82) is 0 Å². The smallest absolute Gasteiger partial charge is 0.260 e. The first-order valence-electron chi connectivity index (χ1n) is 6.97. The first-order chi connectivity index (χ1) is 10.3. The van der Waals surface area contributed by atoms with Gasteiger partial charge in [-0.15, -0.1) is 0 Å². The Labute approximate surface area is 144 Å². The van der Waals surface area contributed by atoms with E-state index in [0.717, 1.165) is 22.7 Å². The molecule has 6 nitrogen and oxygen atoms in total. The Morgan fingerprint density at radius 3 is 2.73 bits per heavy atom. The number of carbonyl (C=O) groups excluding carboxylic acids is 1. The normalized spacial score (nSPS) is 19.0. The number of hydrogen-bond acceptors (Lipinski definition) is 4. The van der Waals surface area contributed by atoms with E-state index in [9.17, 15) is 13.2 Å². The predicted octanol–water partition coefficient (Wildman–Crippen LogP) is 1.21. The molecule has 122 valence electrons. The number of nitrogens with zero attached hydrogens (tertiary/aromatic N) is 1. The number of benzene rings is 1. The van der Waals surface area contributed by atoms with Crippen molar-refractivity contribution in [2.24, 2.45) is 0 Å². The maximum atomic E-state index is 12.2. The minimum atomic E-state index is -3.25. The van der Waals surface area contributed by atoms with Gasteiger partial charge in [-0.05, 0) is 59.7 Å². The molecule has 1 saturated heterocycles. The molecule has 1 unspecified atom stereocenters. The van der Waals surface area contributed by atoms with Gasteiger partial charge < -0.3 is 9.64 Å². The zero-order valence-corrected chi connectivity index (χ0v) is 15.3. The molecule has 22 heavy (non-hydrogen) atoms. The van der Waals surface area contributed by atoms with Gasteiger partial charge in [-0.25, -0.2) is 13.1 Å². The lowest BCUT2D eigenvalue weighted by atomic mass is 10.1. The highest BCUT2D eigenvalue weighted by Crippen LogP contribution is 2.15. The van der Waals surface area contributed by atoms with Crippen LogP contribution in [0.15, 0.2) is 24.3 Å². The molecular weight excluding hydrogens is 419 g/mol. The summed E-state index contributed by atoms with van der Waals surface area (Å²) >= 11 is 2.20. The maximum absolute atomic E-state index is 12.2. The summed E-state index contributed by atoms with van der Waals surface area (Å²) in [6.07, 6.45) is 2.66. The van der Waals surface area contributed by atoms with Gasteiger partial charge in [-0.3, -0.25) is 4.79 Å². The largest absolute Gasteiger partial charge is 0.484 e. The molecule has 1 aromatic carbocycles. The molecule has 0 saturated carbocycles. The van der Waals surface area contributed by atoms with Crippen LogP contribution in [-0.2, 0) is 14.8 Å². The van der Waals surface area contributed by atoms with Crippen molar-refractivity contribution in [1.82, 2.24) is 9.62 Å². The van der Waals surface area contributed by atoms with Gasteiger partial charge in [0.1, 0.15) is 5.75 Å². The van der Waals surface area contributed by atoms with Crippen LogP contribution in [0.2, 0.25) is 0 Å². The first-order valence-corrected chi connectivity index (χ1v) is 9.94. The highest BCUT2D eigenvalue weighted by molar-refractivity contribution is 14.1. The number of nitrogens with one attached hydrogen (secondary N) is 1. The summed E-state index contributed by atoms with van der Waals surface area (Å²) in [6.45, 7) is 0.991. The lowest BCUT2D eigenvalue weighted by Gasteiger charge is -2.32. The Hall–Kier alpha value is -0.870. The van der Waals surface area contributed by atoms with Crippen molar-refractivity contribution in [3.8, 4) is 5.75 Å². The highest BCUT2D eigenvalue weighted by Gasteiger charge is 2.25. The number of ether oxygens (including phenoxy) is 1. The van der Waals surface area contributed by atoms with E-state index in [0.29, 0.717) is 18.8 Å². The van der Waals surface area contributed by atoms with Crippen LogP contribution in [0, 0.1) is 3.57 Å². The summed E-state index contributed by atoms with van der Waals surface area (Å²) in [5.41, 5.74) is 0. The van der Waals surface area contributed by atoms with Crippen molar-refractivity contribution in [3.63, 3.8) is 0 Å². The van der Waals surface area contributed by atoms with Crippen LogP contribution in [0.25, 0.3) is 0 Å². The molecule has 1 aliphatic heterocycles. The lowest BCUT2D eigenvalue weighted by molar-refractivity contribution is -0.134. The monoisotopic (exact) mass is 438 g/mol. The molecule has 2 rings (SSSR count). The minimum absolute atomic E-state index is 0.0355. The molecule has 1 N–H and O–H groups in total. The SMILES string of the molecule is CS(=O)(=O)NC1CCCN(C(=O)COc2ccc(I)cc2)C1. The van der Waals surface area contributed by atoms with Crippen LogP contribution in [0.1, 0.15) is 12.8 Å². The third-order valence-electron chi connectivity index (χ3n) is 3.33. The third kappa shape index (κ3) is 5.73. The van der Waals surface area contributed by atoms with Crippen molar-refractivity contribution in [2.45, 2.75) is 18.9 Å². The van der Waals surface area contributed by atoms with Crippen molar-refractivity contribution in [3.05, 3.63) is 27.8 Å². The van der Waals surface area contributed by atoms with Crippen molar-refractivity contribution < 1.29 is 17.9 Å². The van der Waals surface area contributed by atoms with Gasteiger partial charge in [-0.2, -0.15) is 0 Å². The van der Waals surface area contributed by atoms with E-state index in [1.54, 1.807) is 4.90 Å². The molecule has 1 aliphatic rings. The number of sulfonamides is 1. The number of piperidine rings is 1. The molecule has 1 fully saturated rings. The van der Waals surface area contributed by atoms with Gasteiger partial charge in [0, 0.05) is 22.7 Å². The number of hydrogen-bond donors (Lipinski definition) is 1. The second-order valence-corrected chi connectivity index (χ2v) is 8.34. The van der Waals surface area contributed by atoms with Gasteiger partial charge in [0.15, 0.2) is 6.61 Å². The van der Waals surface area contributed by atoms with Crippen LogP contribution >= 0.6 is 22.6 Å². The molecule has 1 aromatic rings. The zero-order chi connectivity index (χ0) is 16.2. The van der Waals surface area contributed by atoms with E-state index in [4.69, 9.17) is 4.74 Å². The second-order valence-electron chi connectivity index (χ2n) is 5.31. The summed E-state index contributed by atoms with van der Waals surface area (Å²) in [4.78, 5) is 13.8. The average molecular weight is 438 g/mol. The molecule has 0 radical (unpaired) electrons. The molecule has 1 atom stereocenters. The summed E-state index contributed by atoms with van der Waals surface area (Å²) in [5, 5.41) is 0. The molecule has 0 aromatic heterocycles. The van der Waals surface area contributed by atoms with Crippen LogP contribution < -0.4 is 9.46 Å². The summed E-state index contributed by atoms with van der Waals surface area (Å²) in [7, 11) is -3.25. The van der Waals surface area contributed by atoms with Gasteiger partial charge in [0.2, 0.25) is 10.0 Å². The van der Waals surface area contributed by atoms with Gasteiger partial charge in [0.25, 0.3) is 5.91 Å². The molecule has 0 spiro atoms. The Bertz CT molecular complexity index is 618. The van der Waals surface area contributed by atoms with Gasteiger partial charge >= 0.3 is 0 Å². The quantitative estimate of drug-likeness (QED) is 0.702. The molecule has 0 aliphatic carbocycles. The van der Waals surface area contributed by atoms with Crippen LogP contribution in [-0.4, -0.2) is 51.2 Å². The number of halogens is 1. The number of rotatable bonds is 5. The van der Waals surface area contributed by atoms with E-state index < -0.39 is 10.0 Å². The summed E-state index contributed by atoms with van der Waals surface area (Å²) in [5.74, 6) is 0.523. The van der Waals surface area contributed by atoms with Gasteiger partial charge in [0.05, 0.1) is 6.26 Å². The van der Waals surface area contributed by atoms with Crippen molar-refractivity contribution >= 4 is 38.5 Å². The van der Waals surface area contributed by atoms with E-state index in [2.05, 4.69) is 27.3 Å². The van der Waals surface area contributed by atoms with Crippen molar-refractivity contribution in [2.75, 3.05) is 26.0 Å². The Balaban J connectivity index is 1.85. The third-order valence-corrected chi connectivity index (χ3v) is 4.81. The fourth-order valence-electron chi connectivity index (χ4n) is 2.37. The number of amides is 1. The zero-order valence-electron chi connectivity index (χ0n) is 12.3. The lowest BCUT2D eigenvalue weighted by Crippen LogP contribution is -2.50. The number of likely N-dealkylation sites (tertiary alicyclic amines) is 1. The van der Waals surface area contributed by atoms with Crippen LogP contribution in [0.4, 0.5) is 0 Å². The Kier molecular flexibility index (Phi) is 6.04. The van der Waals surface area contributed by atoms with Gasteiger partial charge in [-0.1, -0.05) is 0 Å². The fourth-order valence-corrected chi connectivity index (χ4v) is 3.53. The topological polar surface area (TPSA) is 75.7 Å². The second kappa shape index (κ2) is 7.60. The highest BCUT2D eigenvalue weighted by atomic mass is 127. The first kappa shape index (κ1) is 17.5. The molecule has 1 amide bonds. The molecule has 0 bridgehead atoms. The predicted molar refractivity (Wildman–Crippen MR) is 92.2 cm³/mol. The van der Waals surface area contributed by atoms with E-state index in [1.807, 2.05) is 24.3 Å². The molecule has 8 heteroatoms. The standard InChI is InChI=1S/C14H19IN2O4S/c1-22(19,20)16-12-3-2-8-17(9-12)14(18)10-21-13-6-4-11(15)5-7-13/h4-7,12,16H,2-3,8-10H2,1H3.